The minimum atomic E-state index is -0.0829. The minimum Gasteiger partial charge on any atom is -0.0616 e. The first-order valence-electron chi connectivity index (χ1n) is 35.1. The molecule has 96 heavy (non-hydrogen) atoms. The van der Waals surface area contributed by atoms with Crippen molar-refractivity contribution in [3.8, 4) is 68.2 Å². The van der Waals surface area contributed by atoms with Crippen LogP contribution in [0.1, 0.15) is 266 Å². The maximum absolute atomic E-state index is 3.54. The fourth-order valence-corrected chi connectivity index (χ4v) is 14.0. The summed E-state index contributed by atoms with van der Waals surface area (Å²) in [5.41, 5.74) is 31.9. The van der Waals surface area contributed by atoms with Gasteiger partial charge in [-0.05, 0) is 233 Å². The molecule has 0 amide bonds. The van der Waals surface area contributed by atoms with Gasteiger partial charge in [-0.2, -0.15) is 0 Å². The van der Waals surface area contributed by atoms with Crippen molar-refractivity contribution in [2.75, 3.05) is 0 Å². The van der Waals surface area contributed by atoms with Crippen LogP contribution in [0, 0.1) is 35.5 Å². The van der Waals surface area contributed by atoms with Crippen LogP contribution in [0.5, 0.6) is 0 Å². The predicted octanol–water partition coefficient (Wildman–Crippen LogP) is 25.3. The highest BCUT2D eigenvalue weighted by Gasteiger charge is 2.41. The Kier molecular flexibility index (Phi) is 17.7. The molecule has 0 aromatic heterocycles. The summed E-state index contributed by atoms with van der Waals surface area (Å²) in [5, 5.41) is 0. The van der Waals surface area contributed by atoms with Gasteiger partial charge in [0.1, 0.15) is 0 Å². The van der Waals surface area contributed by atoms with Gasteiger partial charge in [0.15, 0.2) is 0 Å². The highest BCUT2D eigenvalue weighted by atomic mass is 14.4. The van der Waals surface area contributed by atoms with Gasteiger partial charge in [0, 0.05) is 66.8 Å². The predicted molar refractivity (Wildman–Crippen MR) is 414 cm³/mol. The molecular formula is C96H104+2. The van der Waals surface area contributed by atoms with Crippen LogP contribution in [-0.4, -0.2) is 0 Å². The summed E-state index contributed by atoms with van der Waals surface area (Å²) >= 11 is 0. The maximum atomic E-state index is 3.54. The highest BCUT2D eigenvalue weighted by Crippen LogP contribution is 2.53. The molecule has 11 rings (SSSR count). The average molecular weight is 1260 g/mol. The summed E-state index contributed by atoms with van der Waals surface area (Å²) in [6, 6.07) is 74.3. The normalized spacial score (nSPS) is 12.8. The third-order valence-electron chi connectivity index (χ3n) is 19.8. The Labute approximate surface area is 580 Å². The largest absolute Gasteiger partial charge is 0.0645 e. The molecular weight excluding hydrogens is 1150 g/mol. The van der Waals surface area contributed by atoms with E-state index < -0.39 is 0 Å². The molecule has 8 aliphatic rings. The molecule has 0 atom stereocenters. The monoisotopic (exact) mass is 1260 g/mol. The molecule has 8 aliphatic carbocycles. The lowest BCUT2D eigenvalue weighted by Gasteiger charge is -2.18. The van der Waals surface area contributed by atoms with E-state index in [4.69, 9.17) is 0 Å². The molecule has 0 spiro atoms. The Morgan fingerprint density at radius 3 is 0.521 bits per heavy atom. The Bertz CT molecular complexity index is 4140. The molecule has 0 nitrogen and oxygen atoms in total. The molecule has 0 N–H and O–H groups in total. The van der Waals surface area contributed by atoms with E-state index in [1.807, 2.05) is 0 Å². The van der Waals surface area contributed by atoms with Crippen LogP contribution in [-0.2, 0) is 43.3 Å². The van der Waals surface area contributed by atoms with Crippen molar-refractivity contribution >= 4 is 0 Å². The first-order chi connectivity index (χ1) is 44.6. The van der Waals surface area contributed by atoms with Crippen molar-refractivity contribution in [1.29, 1.82) is 0 Å². The van der Waals surface area contributed by atoms with Gasteiger partial charge in [0.2, 0.25) is 0 Å². The van der Waals surface area contributed by atoms with E-state index in [1.54, 1.807) is 0 Å². The molecule has 486 valence electrons. The summed E-state index contributed by atoms with van der Waals surface area (Å²) in [6.07, 6.45) is 0. The summed E-state index contributed by atoms with van der Waals surface area (Å²) < 4.78 is 0. The van der Waals surface area contributed by atoms with Gasteiger partial charge < -0.3 is 0 Å². The van der Waals surface area contributed by atoms with Crippen LogP contribution >= 0.6 is 0 Å². The van der Waals surface area contributed by atoms with E-state index in [-0.39, 0.29) is 43.3 Å². The lowest BCUT2D eigenvalue weighted by atomic mass is 9.82. The van der Waals surface area contributed by atoms with Crippen LogP contribution in [0.4, 0.5) is 0 Å². The second kappa shape index (κ2) is 24.8. The fourth-order valence-electron chi connectivity index (χ4n) is 14.0. The quantitative estimate of drug-likeness (QED) is 0.115. The molecule has 0 unspecified atom stereocenters. The molecule has 3 aromatic carbocycles. The van der Waals surface area contributed by atoms with Gasteiger partial charge in [-0.15, -0.1) is 0 Å². The van der Waals surface area contributed by atoms with E-state index in [0.717, 1.165) is 22.3 Å². The Morgan fingerprint density at radius 1 is 0.188 bits per heavy atom. The Hall–Kier alpha value is -8.68. The number of rotatable bonds is 6. The first-order valence-corrected chi connectivity index (χ1v) is 35.1. The van der Waals surface area contributed by atoms with Gasteiger partial charge in [-0.25, -0.2) is 0 Å². The van der Waals surface area contributed by atoms with Crippen molar-refractivity contribution in [1.82, 2.24) is 0 Å². The number of fused-ring (bicyclic) bond motifs is 4. The van der Waals surface area contributed by atoms with Crippen LogP contribution in [0.2, 0.25) is 0 Å². The third kappa shape index (κ3) is 14.1. The number of benzene rings is 3. The molecule has 0 heterocycles. The summed E-state index contributed by atoms with van der Waals surface area (Å²) in [5.74, 6) is 16.6. The molecule has 0 bridgehead atoms. The average Bonchev–Trinajstić information content (AvgIpc) is 1.59. The van der Waals surface area contributed by atoms with E-state index in [0.29, 0.717) is 0 Å². The van der Waals surface area contributed by atoms with Crippen molar-refractivity contribution in [2.24, 2.45) is 0 Å². The SMILES string of the molecule is CC(C)(C)c1ccc2c([C+](c3ccc(C#Cc4ccc(C#Cc5ccc([C+](c6cc(C(C)(C)C)c7ccc(C(C)(C)C)ccc6-7)c6cc(C(C)(C)C)c7ccc(C(C)(C)C)ccc6-7)cc5)cc4)cc3)c3cc(C(C)(C)C)c4ccc(C(C)(C)C)ccc3-4)cc(C(C)(C)C)c-2cc1. The molecule has 0 aliphatic heterocycles. The molecule has 0 radical (unpaired) electrons. The van der Waals surface area contributed by atoms with E-state index in [1.165, 1.54) is 134 Å². The highest BCUT2D eigenvalue weighted by molar-refractivity contribution is 5.89. The van der Waals surface area contributed by atoms with Crippen molar-refractivity contribution in [3.63, 3.8) is 0 Å². The fraction of sp³-hybridized carbons (Fsp3) is 0.333. The van der Waals surface area contributed by atoms with Gasteiger partial charge in [0.05, 0.1) is 45.2 Å². The second-order valence-electron chi connectivity index (χ2n) is 35.7. The standard InChI is InChI=1S/C96H104/c1-89(2,3)67-41-49-71-75(53-45-67)83(93(13,14)15)57-79(71)87(80-58-84(94(16,17)18)76-54-46-68(90(4,5)6)42-50-72(76)80)65-37-33-63(34-38-65)31-29-61-25-27-62(28-26-61)30-32-64-35-39-66(40-36-64)88(81-59-85(95(19,20)21)77-55-47-69(91(7,8)9)43-51-73(77)81)82-60-86(96(22,23)24)78-56-48-70(92(10,11)12)44-52-74(78)82/h25-28,33-60H,1-24H3/q+2. The second-order valence-corrected chi connectivity index (χ2v) is 35.7. The van der Waals surface area contributed by atoms with Crippen LogP contribution in [0.3, 0.4) is 0 Å². The molecule has 0 fully saturated rings. The minimum absolute atomic E-state index is 0.00534. The molecule has 0 heteroatoms. The van der Waals surface area contributed by atoms with Gasteiger partial charge >= 0.3 is 0 Å². The van der Waals surface area contributed by atoms with Gasteiger partial charge in [-0.3, -0.25) is 0 Å². The Balaban J connectivity index is 0.938. The summed E-state index contributed by atoms with van der Waals surface area (Å²) in [6.45, 7) is 55.9. The van der Waals surface area contributed by atoms with Gasteiger partial charge in [-0.1, -0.05) is 238 Å². The zero-order chi connectivity index (χ0) is 69.6. The maximum Gasteiger partial charge on any atom is 0.0645 e. The summed E-state index contributed by atoms with van der Waals surface area (Å²) in [4.78, 5) is 0. The number of hydrogen-bond donors (Lipinski definition) is 0. The Morgan fingerprint density at radius 2 is 0.354 bits per heavy atom. The molecule has 3 aromatic rings. The van der Waals surface area contributed by atoms with Crippen LogP contribution < -0.4 is 0 Å². The molecule has 0 saturated heterocycles. The van der Waals surface area contributed by atoms with Crippen LogP contribution in [0.25, 0.3) is 44.5 Å². The lowest BCUT2D eigenvalue weighted by molar-refractivity contribution is 0.590. The van der Waals surface area contributed by atoms with E-state index in [2.05, 4.69) is 384 Å². The smallest absolute Gasteiger partial charge is 0.0616 e. The van der Waals surface area contributed by atoms with Gasteiger partial charge in [0.25, 0.3) is 0 Å². The topological polar surface area (TPSA) is 0 Å². The first kappa shape index (κ1) is 68.7. The van der Waals surface area contributed by atoms with Crippen molar-refractivity contribution < 1.29 is 0 Å². The van der Waals surface area contributed by atoms with E-state index >= 15 is 0 Å². The zero-order valence-electron chi connectivity index (χ0n) is 62.5. The van der Waals surface area contributed by atoms with Crippen LogP contribution in [0.15, 0.2) is 194 Å². The zero-order valence-corrected chi connectivity index (χ0v) is 62.5. The number of hydrogen-bond acceptors (Lipinski definition) is 0. The lowest BCUT2D eigenvalue weighted by Crippen LogP contribution is -2.11. The van der Waals surface area contributed by atoms with Crippen molar-refractivity contribution in [2.45, 2.75) is 209 Å². The van der Waals surface area contributed by atoms with Crippen molar-refractivity contribution in [3.05, 3.63) is 306 Å². The van der Waals surface area contributed by atoms with E-state index in [9.17, 15) is 0 Å². The summed E-state index contributed by atoms with van der Waals surface area (Å²) in [7, 11) is 0. The molecule has 0 saturated carbocycles. The third-order valence-corrected chi connectivity index (χ3v) is 19.8.